The maximum Gasteiger partial charge on any atom is 0.336 e. The molecule has 18 heavy (non-hydrogen) atoms. The summed E-state index contributed by atoms with van der Waals surface area (Å²) in [6.07, 6.45) is 0. The van der Waals surface area contributed by atoms with Crippen molar-refractivity contribution in [2.45, 2.75) is 0 Å². The Morgan fingerprint density at radius 1 is 0.889 bits per heavy atom. The highest BCUT2D eigenvalue weighted by atomic mass is 16.4. The number of phenolic OH excluding ortho intramolecular Hbond substituents is 2. The molecule has 0 atom stereocenters. The maximum absolute atomic E-state index is 11.0. The minimum Gasteiger partial charge on any atom is -0.504 e. The molecule has 0 aliphatic carbocycles. The maximum atomic E-state index is 11.0. The topological polar surface area (TPSA) is 115 Å². The minimum absolute atomic E-state index is 0.0210. The molecule has 6 heteroatoms. The standard InChI is InChI=1S/C12H8O6/c13-9-4-8(12(17)18)6-2-1-5(11(15)16)3-7(6)10(9)14/h1-4,13-14H,(H,15,16)(H,17,18). The third kappa shape index (κ3) is 1.69. The molecule has 2 aromatic carbocycles. The summed E-state index contributed by atoms with van der Waals surface area (Å²) < 4.78 is 0. The first-order valence-electron chi connectivity index (χ1n) is 4.87. The zero-order valence-corrected chi connectivity index (χ0v) is 8.91. The van der Waals surface area contributed by atoms with Crippen LogP contribution in [0.4, 0.5) is 0 Å². The Kier molecular flexibility index (Phi) is 2.55. The third-order valence-electron chi connectivity index (χ3n) is 2.57. The van der Waals surface area contributed by atoms with Gasteiger partial charge in [0.05, 0.1) is 11.1 Å². The molecule has 0 unspecified atom stereocenters. The number of aromatic hydroxyl groups is 2. The quantitative estimate of drug-likeness (QED) is 0.600. The van der Waals surface area contributed by atoms with E-state index in [1.807, 2.05) is 0 Å². The number of carboxylic acid groups (broad SMARTS) is 2. The van der Waals surface area contributed by atoms with Crippen LogP contribution in [0.5, 0.6) is 11.5 Å². The molecule has 0 radical (unpaired) electrons. The van der Waals surface area contributed by atoms with E-state index in [0.29, 0.717) is 0 Å². The van der Waals surface area contributed by atoms with Gasteiger partial charge in [-0.05, 0) is 18.2 Å². The van der Waals surface area contributed by atoms with E-state index in [4.69, 9.17) is 10.2 Å². The zero-order valence-electron chi connectivity index (χ0n) is 8.91. The van der Waals surface area contributed by atoms with Gasteiger partial charge in [-0.25, -0.2) is 9.59 Å². The SMILES string of the molecule is O=C(O)c1ccc2c(C(=O)O)cc(O)c(O)c2c1. The van der Waals surface area contributed by atoms with Gasteiger partial charge in [-0.2, -0.15) is 0 Å². The summed E-state index contributed by atoms with van der Waals surface area (Å²) in [5, 5.41) is 37.0. The molecule has 0 spiro atoms. The summed E-state index contributed by atoms with van der Waals surface area (Å²) in [5.74, 6) is -3.64. The Morgan fingerprint density at radius 3 is 2.11 bits per heavy atom. The van der Waals surface area contributed by atoms with E-state index in [1.54, 1.807) is 0 Å². The molecule has 0 aromatic heterocycles. The Hall–Kier alpha value is -2.76. The lowest BCUT2D eigenvalue weighted by molar-refractivity contribution is 0.0688. The van der Waals surface area contributed by atoms with Crippen molar-refractivity contribution in [1.29, 1.82) is 0 Å². The molecule has 0 saturated carbocycles. The lowest BCUT2D eigenvalue weighted by atomic mass is 10.0. The number of fused-ring (bicyclic) bond motifs is 1. The number of benzene rings is 2. The third-order valence-corrected chi connectivity index (χ3v) is 2.57. The van der Waals surface area contributed by atoms with Crippen LogP contribution in [0.3, 0.4) is 0 Å². The molecule has 0 fully saturated rings. The van der Waals surface area contributed by atoms with Crippen LogP contribution in [0.15, 0.2) is 24.3 Å². The van der Waals surface area contributed by atoms with Gasteiger partial charge in [0.1, 0.15) is 0 Å². The predicted octanol–water partition coefficient (Wildman–Crippen LogP) is 1.65. The van der Waals surface area contributed by atoms with E-state index >= 15 is 0 Å². The number of aromatic carboxylic acids is 2. The lowest BCUT2D eigenvalue weighted by Crippen LogP contribution is -2.00. The number of rotatable bonds is 2. The van der Waals surface area contributed by atoms with Gasteiger partial charge in [-0.1, -0.05) is 6.07 Å². The molecule has 0 heterocycles. The fourth-order valence-corrected chi connectivity index (χ4v) is 1.71. The molecule has 6 nitrogen and oxygen atoms in total. The first kappa shape index (κ1) is 11.7. The number of phenols is 2. The average molecular weight is 248 g/mol. The number of hydrogen-bond donors (Lipinski definition) is 4. The van der Waals surface area contributed by atoms with Crippen LogP contribution in [0.2, 0.25) is 0 Å². The van der Waals surface area contributed by atoms with E-state index in [9.17, 15) is 19.8 Å². The lowest BCUT2D eigenvalue weighted by Gasteiger charge is -2.07. The molecule has 2 rings (SSSR count). The second-order valence-corrected chi connectivity index (χ2v) is 3.66. The summed E-state index contributed by atoms with van der Waals surface area (Å²) in [5.41, 5.74) is -0.322. The second kappa shape index (κ2) is 3.92. The van der Waals surface area contributed by atoms with Gasteiger partial charge in [-0.15, -0.1) is 0 Å². The molecule has 0 amide bonds. The highest BCUT2D eigenvalue weighted by molar-refractivity contribution is 6.08. The molecule has 4 N–H and O–H groups in total. The molecule has 0 saturated heterocycles. The molecule has 92 valence electrons. The Balaban J connectivity index is 2.89. The van der Waals surface area contributed by atoms with Crippen molar-refractivity contribution in [3.63, 3.8) is 0 Å². The number of carbonyl (C=O) groups is 2. The predicted molar refractivity (Wildman–Crippen MR) is 61.2 cm³/mol. The summed E-state index contributed by atoms with van der Waals surface area (Å²) in [6, 6.07) is 4.54. The van der Waals surface area contributed by atoms with E-state index in [1.165, 1.54) is 12.1 Å². The summed E-state index contributed by atoms with van der Waals surface area (Å²) >= 11 is 0. The van der Waals surface area contributed by atoms with Crippen molar-refractivity contribution in [1.82, 2.24) is 0 Å². The van der Waals surface area contributed by atoms with Gasteiger partial charge in [0, 0.05) is 10.8 Å². The first-order valence-corrected chi connectivity index (χ1v) is 4.87. The highest BCUT2D eigenvalue weighted by Crippen LogP contribution is 2.36. The zero-order chi connectivity index (χ0) is 13.4. The summed E-state index contributed by atoms with van der Waals surface area (Å²) in [4.78, 5) is 21.8. The van der Waals surface area contributed by atoms with Crippen LogP contribution < -0.4 is 0 Å². The van der Waals surface area contributed by atoms with Crippen LogP contribution >= 0.6 is 0 Å². The summed E-state index contributed by atoms with van der Waals surface area (Å²) in [6.45, 7) is 0. The Labute approximate surface area is 100 Å². The van der Waals surface area contributed by atoms with Gasteiger partial charge in [0.2, 0.25) is 0 Å². The normalized spacial score (nSPS) is 10.4. The van der Waals surface area contributed by atoms with Crippen molar-refractivity contribution in [3.8, 4) is 11.5 Å². The van der Waals surface area contributed by atoms with Gasteiger partial charge in [0.25, 0.3) is 0 Å². The van der Waals surface area contributed by atoms with Crippen molar-refractivity contribution in [2.24, 2.45) is 0 Å². The Morgan fingerprint density at radius 2 is 1.56 bits per heavy atom. The van der Waals surface area contributed by atoms with Crippen LogP contribution in [-0.4, -0.2) is 32.4 Å². The van der Waals surface area contributed by atoms with E-state index in [-0.39, 0.29) is 21.9 Å². The van der Waals surface area contributed by atoms with Crippen LogP contribution in [0, 0.1) is 0 Å². The molecular weight excluding hydrogens is 240 g/mol. The van der Waals surface area contributed by atoms with Gasteiger partial charge < -0.3 is 20.4 Å². The number of hydrogen-bond acceptors (Lipinski definition) is 4. The van der Waals surface area contributed by atoms with E-state index in [0.717, 1.165) is 12.1 Å². The van der Waals surface area contributed by atoms with Crippen LogP contribution in [0.1, 0.15) is 20.7 Å². The van der Waals surface area contributed by atoms with Crippen LogP contribution in [-0.2, 0) is 0 Å². The largest absolute Gasteiger partial charge is 0.504 e. The smallest absolute Gasteiger partial charge is 0.336 e. The molecule has 2 aromatic rings. The van der Waals surface area contributed by atoms with Crippen LogP contribution in [0.25, 0.3) is 10.8 Å². The Bertz CT molecular complexity index is 674. The monoisotopic (exact) mass is 248 g/mol. The van der Waals surface area contributed by atoms with Crippen molar-refractivity contribution in [2.75, 3.05) is 0 Å². The van der Waals surface area contributed by atoms with Gasteiger partial charge >= 0.3 is 11.9 Å². The highest BCUT2D eigenvalue weighted by Gasteiger charge is 2.16. The van der Waals surface area contributed by atoms with Gasteiger partial charge in [-0.3, -0.25) is 0 Å². The van der Waals surface area contributed by atoms with Crippen molar-refractivity contribution in [3.05, 3.63) is 35.4 Å². The second-order valence-electron chi connectivity index (χ2n) is 3.66. The molecule has 0 aliphatic heterocycles. The fraction of sp³-hybridized carbons (Fsp3) is 0. The molecule has 0 aliphatic rings. The van der Waals surface area contributed by atoms with Crippen molar-refractivity contribution < 1.29 is 30.0 Å². The van der Waals surface area contributed by atoms with E-state index in [2.05, 4.69) is 0 Å². The summed E-state index contributed by atoms with van der Waals surface area (Å²) in [7, 11) is 0. The number of carboxylic acids is 2. The average Bonchev–Trinajstić information content (AvgIpc) is 2.32. The van der Waals surface area contributed by atoms with Gasteiger partial charge in [0.15, 0.2) is 11.5 Å². The first-order chi connectivity index (χ1) is 8.41. The molecule has 0 bridgehead atoms. The minimum atomic E-state index is -1.28. The fourth-order valence-electron chi connectivity index (χ4n) is 1.71. The molecular formula is C12H8O6. The van der Waals surface area contributed by atoms with E-state index < -0.39 is 23.4 Å². The van der Waals surface area contributed by atoms with Crippen molar-refractivity contribution >= 4 is 22.7 Å².